The Hall–Kier alpha value is -0.450. The largest absolute Gasteiger partial charge is 0.346 e. The lowest BCUT2D eigenvalue weighted by molar-refractivity contribution is -0.140. The van der Waals surface area contributed by atoms with Crippen LogP contribution in [0, 0.1) is 0 Å². The van der Waals surface area contributed by atoms with Gasteiger partial charge in [0.05, 0.1) is 0 Å². The molecule has 0 N–H and O–H groups in total. The zero-order chi connectivity index (χ0) is 8.65. The number of halogens is 3. The number of rotatable bonds is 2. The third kappa shape index (κ3) is 1.07. The summed E-state index contributed by atoms with van der Waals surface area (Å²) in [6.07, 6.45) is 0. The van der Waals surface area contributed by atoms with E-state index in [1.807, 2.05) is 0 Å². The van der Waals surface area contributed by atoms with Crippen molar-refractivity contribution in [1.29, 1.82) is 0 Å². The van der Waals surface area contributed by atoms with Crippen LogP contribution < -0.4 is 0 Å². The van der Waals surface area contributed by atoms with Crippen molar-refractivity contribution in [3.05, 3.63) is 10.7 Å². The van der Waals surface area contributed by atoms with Crippen LogP contribution in [0.25, 0.3) is 0 Å². The van der Waals surface area contributed by atoms with Gasteiger partial charge in [0.25, 0.3) is 5.78 Å². The molecular formula is C6H5F3OS. The lowest BCUT2D eigenvalue weighted by atomic mass is 10.0. The molecule has 0 unspecified atom stereocenters. The van der Waals surface area contributed by atoms with E-state index in [0.29, 0.717) is 17.5 Å². The molecule has 0 aliphatic heterocycles. The normalized spacial score (nSPS) is 22.0. The molecule has 5 heteroatoms. The molecule has 11 heavy (non-hydrogen) atoms. The van der Waals surface area contributed by atoms with Gasteiger partial charge in [-0.25, -0.2) is 4.39 Å². The molecule has 0 fully saturated rings. The van der Waals surface area contributed by atoms with E-state index in [4.69, 9.17) is 0 Å². The molecule has 0 amide bonds. The van der Waals surface area contributed by atoms with Gasteiger partial charge in [0.2, 0.25) is 0 Å². The highest BCUT2D eigenvalue weighted by Gasteiger charge is 2.57. The maximum absolute atomic E-state index is 12.4. The fourth-order valence-corrected chi connectivity index (χ4v) is 1.50. The molecule has 1 aliphatic rings. The van der Waals surface area contributed by atoms with Gasteiger partial charge in [0.1, 0.15) is 4.91 Å². The van der Waals surface area contributed by atoms with E-state index in [1.165, 1.54) is 0 Å². The minimum Gasteiger partial charge on any atom is -0.284 e. The SMILES string of the molecule is CCSC1=C(F)C(=O)C1(F)F. The number of carbonyl (C=O) groups is 1. The predicted octanol–water partition coefficient (Wildman–Crippen LogP) is 2.14. The van der Waals surface area contributed by atoms with Crippen LogP contribution in [0.1, 0.15) is 6.92 Å². The van der Waals surface area contributed by atoms with E-state index in [1.54, 1.807) is 6.92 Å². The Kier molecular flexibility index (Phi) is 2.00. The summed E-state index contributed by atoms with van der Waals surface area (Å²) in [5, 5.41) is 0. The summed E-state index contributed by atoms with van der Waals surface area (Å²) in [5.74, 6) is -6.17. The third-order valence-corrected chi connectivity index (χ3v) is 2.27. The first-order valence-corrected chi connectivity index (χ1v) is 3.96. The summed E-state index contributed by atoms with van der Waals surface area (Å²) in [6.45, 7) is 1.61. The van der Waals surface area contributed by atoms with Gasteiger partial charge in [0, 0.05) is 0 Å². The Morgan fingerprint density at radius 1 is 1.55 bits per heavy atom. The molecule has 1 rings (SSSR count). The Morgan fingerprint density at radius 2 is 2.09 bits per heavy atom. The second kappa shape index (κ2) is 2.55. The van der Waals surface area contributed by atoms with E-state index in [0.717, 1.165) is 0 Å². The molecule has 1 aliphatic carbocycles. The van der Waals surface area contributed by atoms with Gasteiger partial charge in [-0.15, -0.1) is 11.8 Å². The quantitative estimate of drug-likeness (QED) is 0.650. The molecule has 0 heterocycles. The van der Waals surface area contributed by atoms with Crippen LogP contribution in [0.15, 0.2) is 10.7 Å². The summed E-state index contributed by atoms with van der Waals surface area (Å²) in [4.78, 5) is 9.45. The summed E-state index contributed by atoms with van der Waals surface area (Å²) < 4.78 is 37.0. The molecule has 0 aromatic carbocycles. The Labute approximate surface area is 65.6 Å². The highest BCUT2D eigenvalue weighted by atomic mass is 32.2. The zero-order valence-corrected chi connectivity index (χ0v) is 6.47. The first kappa shape index (κ1) is 8.64. The van der Waals surface area contributed by atoms with E-state index in [9.17, 15) is 18.0 Å². The van der Waals surface area contributed by atoms with Gasteiger partial charge in [-0.1, -0.05) is 6.92 Å². The van der Waals surface area contributed by atoms with Crippen molar-refractivity contribution in [2.24, 2.45) is 0 Å². The maximum Gasteiger partial charge on any atom is 0.346 e. The smallest absolute Gasteiger partial charge is 0.284 e. The minimum absolute atomic E-state index is 0.339. The Balaban J connectivity index is 2.87. The monoisotopic (exact) mass is 182 g/mol. The van der Waals surface area contributed by atoms with E-state index in [2.05, 4.69) is 0 Å². The van der Waals surface area contributed by atoms with Crippen LogP contribution >= 0.6 is 11.8 Å². The number of thioether (sulfide) groups is 1. The summed E-state index contributed by atoms with van der Waals surface area (Å²) in [7, 11) is 0. The maximum atomic E-state index is 12.4. The molecule has 0 saturated heterocycles. The number of allylic oxidation sites excluding steroid dienone is 2. The van der Waals surface area contributed by atoms with Gasteiger partial charge >= 0.3 is 5.92 Å². The lowest BCUT2D eigenvalue weighted by Crippen LogP contribution is -2.40. The number of ketones is 1. The molecule has 0 aromatic heterocycles. The Bertz CT molecular complexity index is 234. The number of Topliss-reactive ketones (excluding diaryl/α,β-unsaturated/α-hetero) is 1. The van der Waals surface area contributed by atoms with Crippen LogP contribution in [-0.4, -0.2) is 17.5 Å². The standard InChI is InChI=1S/C6H5F3OS/c1-2-11-5-3(7)4(10)6(5,8)9/h2H2,1H3. The van der Waals surface area contributed by atoms with Gasteiger partial charge < -0.3 is 0 Å². The van der Waals surface area contributed by atoms with Crippen LogP contribution in [0.5, 0.6) is 0 Å². The van der Waals surface area contributed by atoms with Crippen molar-refractivity contribution >= 4 is 17.5 Å². The van der Waals surface area contributed by atoms with Gasteiger partial charge in [-0.2, -0.15) is 8.78 Å². The lowest BCUT2D eigenvalue weighted by Gasteiger charge is -2.25. The van der Waals surface area contributed by atoms with Gasteiger partial charge in [-0.05, 0) is 5.75 Å². The zero-order valence-electron chi connectivity index (χ0n) is 5.66. The summed E-state index contributed by atoms with van der Waals surface area (Å²) >= 11 is 0.671. The van der Waals surface area contributed by atoms with E-state index >= 15 is 0 Å². The number of carbonyl (C=O) groups excluding carboxylic acids is 1. The number of hydrogen-bond acceptors (Lipinski definition) is 2. The van der Waals surface area contributed by atoms with Gasteiger partial charge in [0.15, 0.2) is 5.83 Å². The van der Waals surface area contributed by atoms with E-state index in [-0.39, 0.29) is 0 Å². The highest BCUT2D eigenvalue weighted by molar-refractivity contribution is 8.03. The topological polar surface area (TPSA) is 17.1 Å². The first-order chi connectivity index (χ1) is 5.01. The minimum atomic E-state index is -3.55. The molecular weight excluding hydrogens is 177 g/mol. The highest BCUT2D eigenvalue weighted by Crippen LogP contribution is 2.46. The second-order valence-electron chi connectivity index (χ2n) is 1.98. The fraction of sp³-hybridized carbons (Fsp3) is 0.500. The van der Waals surface area contributed by atoms with Crippen molar-refractivity contribution in [3.8, 4) is 0 Å². The molecule has 0 spiro atoms. The van der Waals surface area contributed by atoms with Crippen molar-refractivity contribution < 1.29 is 18.0 Å². The van der Waals surface area contributed by atoms with Crippen LogP contribution in [0.2, 0.25) is 0 Å². The molecule has 0 atom stereocenters. The number of alkyl halides is 2. The predicted molar refractivity (Wildman–Crippen MR) is 36.2 cm³/mol. The third-order valence-electron chi connectivity index (χ3n) is 1.26. The molecule has 0 bridgehead atoms. The molecule has 0 aromatic rings. The van der Waals surface area contributed by atoms with Crippen molar-refractivity contribution in [1.82, 2.24) is 0 Å². The summed E-state index contributed by atoms with van der Waals surface area (Å²) in [6, 6.07) is 0. The fourth-order valence-electron chi connectivity index (χ4n) is 0.718. The van der Waals surface area contributed by atoms with Crippen LogP contribution in [0.4, 0.5) is 13.2 Å². The molecule has 0 radical (unpaired) electrons. The van der Waals surface area contributed by atoms with Gasteiger partial charge in [-0.3, -0.25) is 4.79 Å². The molecule has 0 saturated carbocycles. The Morgan fingerprint density at radius 3 is 2.45 bits per heavy atom. The van der Waals surface area contributed by atoms with Crippen molar-refractivity contribution in [3.63, 3.8) is 0 Å². The summed E-state index contributed by atoms with van der Waals surface area (Å²) in [5.41, 5.74) is 0. The number of hydrogen-bond donors (Lipinski definition) is 0. The average molecular weight is 182 g/mol. The van der Waals surface area contributed by atoms with E-state index < -0.39 is 22.4 Å². The first-order valence-electron chi connectivity index (χ1n) is 2.97. The van der Waals surface area contributed by atoms with Crippen LogP contribution in [-0.2, 0) is 4.79 Å². The molecule has 62 valence electrons. The second-order valence-corrected chi connectivity index (χ2v) is 3.25. The van der Waals surface area contributed by atoms with Crippen molar-refractivity contribution in [2.75, 3.05) is 5.75 Å². The van der Waals surface area contributed by atoms with Crippen molar-refractivity contribution in [2.45, 2.75) is 12.8 Å². The molecule has 1 nitrogen and oxygen atoms in total. The van der Waals surface area contributed by atoms with Crippen LogP contribution in [0.3, 0.4) is 0 Å². The average Bonchev–Trinajstić information content (AvgIpc) is 1.98.